The average molecular weight is 224 g/mol. The standard InChI is InChI=1S/C10H25O3P/c1-4-5-6-7-8-9-10(2)14(3,11,12)13/h10-13H,4-9H2,1-3H3. The van der Waals surface area contributed by atoms with Crippen molar-refractivity contribution in [2.75, 3.05) is 6.66 Å². The summed E-state index contributed by atoms with van der Waals surface area (Å²) in [6.07, 6.45) is 6.43. The molecule has 0 aliphatic carbocycles. The Morgan fingerprint density at radius 1 is 1.00 bits per heavy atom. The van der Waals surface area contributed by atoms with Crippen molar-refractivity contribution in [2.45, 2.75) is 58.0 Å². The average Bonchev–Trinajstić information content (AvgIpc) is 2.00. The topological polar surface area (TPSA) is 60.7 Å². The summed E-state index contributed by atoms with van der Waals surface area (Å²) in [4.78, 5) is 28.2. The minimum atomic E-state index is -4.29. The van der Waals surface area contributed by atoms with Gasteiger partial charge < -0.3 is 0 Å². The predicted molar refractivity (Wildman–Crippen MR) is 62.3 cm³/mol. The van der Waals surface area contributed by atoms with E-state index in [9.17, 15) is 14.7 Å². The summed E-state index contributed by atoms with van der Waals surface area (Å²) in [6, 6.07) is 0. The van der Waals surface area contributed by atoms with Gasteiger partial charge in [-0.1, -0.05) is 0 Å². The quantitative estimate of drug-likeness (QED) is 0.460. The van der Waals surface area contributed by atoms with Gasteiger partial charge in [0.25, 0.3) is 0 Å². The van der Waals surface area contributed by atoms with E-state index in [-0.39, 0.29) is 5.66 Å². The Labute approximate surface area is 87.3 Å². The van der Waals surface area contributed by atoms with E-state index >= 15 is 0 Å². The van der Waals surface area contributed by atoms with Crippen LogP contribution >= 0.6 is 7.28 Å². The van der Waals surface area contributed by atoms with E-state index in [1.807, 2.05) is 0 Å². The fourth-order valence-electron chi connectivity index (χ4n) is 1.35. The normalized spacial score (nSPS) is 17.4. The Balaban J connectivity index is 3.60. The molecule has 0 amide bonds. The van der Waals surface area contributed by atoms with Crippen LogP contribution in [0.3, 0.4) is 0 Å². The van der Waals surface area contributed by atoms with E-state index in [4.69, 9.17) is 0 Å². The van der Waals surface area contributed by atoms with Crippen molar-refractivity contribution in [1.82, 2.24) is 0 Å². The van der Waals surface area contributed by atoms with Crippen LogP contribution in [0.4, 0.5) is 0 Å². The predicted octanol–water partition coefficient (Wildman–Crippen LogP) is 2.64. The molecular formula is C10H25O3P. The zero-order chi connectivity index (χ0) is 11.3. The number of hydrogen-bond acceptors (Lipinski definition) is 3. The van der Waals surface area contributed by atoms with E-state index in [1.54, 1.807) is 6.92 Å². The van der Waals surface area contributed by atoms with E-state index in [1.165, 1.54) is 25.9 Å². The Kier molecular flexibility index (Phi) is 5.53. The zero-order valence-corrected chi connectivity index (χ0v) is 10.5. The summed E-state index contributed by atoms with van der Waals surface area (Å²) in [7, 11) is -4.29. The Morgan fingerprint density at radius 3 is 1.93 bits per heavy atom. The van der Waals surface area contributed by atoms with Crippen molar-refractivity contribution in [3.05, 3.63) is 0 Å². The molecule has 4 heteroatoms. The van der Waals surface area contributed by atoms with Crippen LogP contribution < -0.4 is 0 Å². The third-order valence-corrected chi connectivity index (χ3v) is 5.08. The molecule has 1 atom stereocenters. The molecule has 0 aromatic rings. The first-order chi connectivity index (χ1) is 6.24. The molecule has 0 rings (SSSR count). The summed E-state index contributed by atoms with van der Waals surface area (Å²) >= 11 is 0. The molecular weight excluding hydrogens is 199 g/mol. The molecule has 0 radical (unpaired) electrons. The summed E-state index contributed by atoms with van der Waals surface area (Å²) in [5, 5.41) is 0. The molecule has 0 saturated carbocycles. The summed E-state index contributed by atoms with van der Waals surface area (Å²) in [6.45, 7) is 5.04. The van der Waals surface area contributed by atoms with Gasteiger partial charge in [-0.25, -0.2) is 0 Å². The van der Waals surface area contributed by atoms with Gasteiger partial charge in [0.05, 0.1) is 0 Å². The van der Waals surface area contributed by atoms with Crippen molar-refractivity contribution < 1.29 is 14.7 Å². The van der Waals surface area contributed by atoms with Crippen molar-refractivity contribution in [3.63, 3.8) is 0 Å². The third-order valence-electron chi connectivity index (χ3n) is 2.76. The van der Waals surface area contributed by atoms with Gasteiger partial charge in [0.1, 0.15) is 0 Å². The molecule has 1 unspecified atom stereocenters. The SMILES string of the molecule is CCCCCCCC(C)P(C)(O)(O)O. The third kappa shape index (κ3) is 6.72. The molecule has 3 nitrogen and oxygen atoms in total. The van der Waals surface area contributed by atoms with Crippen molar-refractivity contribution in [1.29, 1.82) is 0 Å². The van der Waals surface area contributed by atoms with Crippen molar-refractivity contribution >= 4 is 7.28 Å². The van der Waals surface area contributed by atoms with E-state index in [0.717, 1.165) is 12.8 Å². The van der Waals surface area contributed by atoms with Gasteiger partial charge in [0.2, 0.25) is 0 Å². The molecule has 0 aromatic heterocycles. The number of rotatable bonds is 7. The van der Waals surface area contributed by atoms with Crippen LogP contribution in [0.1, 0.15) is 52.4 Å². The first kappa shape index (κ1) is 14.3. The van der Waals surface area contributed by atoms with Gasteiger partial charge >= 0.3 is 86.7 Å². The fraction of sp³-hybridized carbons (Fsp3) is 1.00. The van der Waals surface area contributed by atoms with Crippen LogP contribution in [0.5, 0.6) is 0 Å². The monoisotopic (exact) mass is 224 g/mol. The van der Waals surface area contributed by atoms with Crippen LogP contribution in [0, 0.1) is 0 Å². The van der Waals surface area contributed by atoms with E-state index < -0.39 is 7.28 Å². The molecule has 0 heterocycles. The molecule has 88 valence electrons. The molecule has 0 saturated heterocycles. The molecule has 0 aliphatic rings. The van der Waals surface area contributed by atoms with Gasteiger partial charge in [-0.2, -0.15) is 0 Å². The summed E-state index contributed by atoms with van der Waals surface area (Å²) in [5.74, 6) is 0. The Hall–Kier alpha value is 0.310. The Morgan fingerprint density at radius 2 is 1.50 bits per heavy atom. The van der Waals surface area contributed by atoms with Gasteiger partial charge in [-0.15, -0.1) is 0 Å². The summed E-state index contributed by atoms with van der Waals surface area (Å²) < 4.78 is 0. The minimum absolute atomic E-state index is 0.386. The first-order valence-electron chi connectivity index (χ1n) is 5.50. The Bertz CT molecular complexity index is 153. The van der Waals surface area contributed by atoms with Crippen LogP contribution in [0.15, 0.2) is 0 Å². The maximum absolute atomic E-state index is 9.40. The number of unbranched alkanes of at least 4 members (excludes halogenated alkanes) is 4. The zero-order valence-electron chi connectivity index (χ0n) is 9.61. The van der Waals surface area contributed by atoms with Gasteiger partial charge in [0, 0.05) is 0 Å². The second-order valence-electron chi connectivity index (χ2n) is 4.52. The van der Waals surface area contributed by atoms with E-state index in [0.29, 0.717) is 6.42 Å². The second-order valence-corrected chi connectivity index (χ2v) is 8.35. The maximum atomic E-state index is 9.40. The molecule has 0 aliphatic heterocycles. The van der Waals surface area contributed by atoms with Gasteiger partial charge in [-0.05, 0) is 0 Å². The molecule has 0 bridgehead atoms. The second kappa shape index (κ2) is 5.41. The van der Waals surface area contributed by atoms with Gasteiger partial charge in [0.15, 0.2) is 0 Å². The van der Waals surface area contributed by atoms with Crippen molar-refractivity contribution in [2.24, 2.45) is 0 Å². The van der Waals surface area contributed by atoms with Crippen LogP contribution in [-0.2, 0) is 0 Å². The summed E-state index contributed by atoms with van der Waals surface area (Å²) in [5.41, 5.74) is -0.386. The first-order valence-corrected chi connectivity index (χ1v) is 8.11. The molecule has 0 spiro atoms. The van der Waals surface area contributed by atoms with Gasteiger partial charge in [-0.3, -0.25) is 0 Å². The van der Waals surface area contributed by atoms with Crippen molar-refractivity contribution in [3.8, 4) is 0 Å². The molecule has 14 heavy (non-hydrogen) atoms. The number of hydrogen-bond donors (Lipinski definition) is 3. The van der Waals surface area contributed by atoms with E-state index in [2.05, 4.69) is 6.92 Å². The fourth-order valence-corrected chi connectivity index (χ4v) is 2.13. The molecule has 3 N–H and O–H groups in total. The molecule has 0 fully saturated rings. The van der Waals surface area contributed by atoms with Crippen LogP contribution in [0.2, 0.25) is 0 Å². The molecule has 0 aromatic carbocycles. The van der Waals surface area contributed by atoms with Crippen LogP contribution in [0.25, 0.3) is 0 Å². The van der Waals surface area contributed by atoms with Crippen LogP contribution in [-0.4, -0.2) is 27.0 Å².